The maximum Gasteiger partial charge on any atom is 0.264 e. The van der Waals surface area contributed by atoms with Crippen molar-refractivity contribution in [3.8, 4) is 0 Å². The monoisotopic (exact) mass is 446 g/mol. The SMILES string of the molecule is C[C@]12CC[C@H](OS(C)(=O)=O)C[C@@H]1CC[C@@H]1[C@@H]2CC[C@]2(C)C(=O)[C@H](Br)C[C@@H]12. The summed E-state index contributed by atoms with van der Waals surface area (Å²) in [5, 5.41) is 0. The average molecular weight is 447 g/mol. The zero-order valence-electron chi connectivity index (χ0n) is 16.0. The van der Waals surface area contributed by atoms with Crippen LogP contribution in [0.2, 0.25) is 0 Å². The molecule has 0 bridgehead atoms. The molecule has 4 aliphatic rings. The average Bonchev–Trinajstić information content (AvgIpc) is 2.77. The first-order valence-electron chi connectivity index (χ1n) is 10.1. The summed E-state index contributed by atoms with van der Waals surface area (Å²) in [6.07, 6.45) is 9.27. The third-order valence-electron chi connectivity index (χ3n) is 8.63. The molecule has 0 amide bonds. The normalized spacial score (nSPS) is 51.5. The van der Waals surface area contributed by atoms with Gasteiger partial charge in [0.2, 0.25) is 0 Å². The Morgan fingerprint density at radius 1 is 1.04 bits per heavy atom. The highest BCUT2D eigenvalue weighted by Gasteiger charge is 2.62. The molecule has 0 aliphatic heterocycles. The number of Topliss-reactive ketones (excluding diaryl/α,β-unsaturated/α-hetero) is 1. The Hall–Kier alpha value is 0.0600. The minimum atomic E-state index is -3.38. The van der Waals surface area contributed by atoms with E-state index < -0.39 is 10.1 Å². The van der Waals surface area contributed by atoms with Gasteiger partial charge in [-0.2, -0.15) is 8.42 Å². The Bertz CT molecular complexity index is 707. The van der Waals surface area contributed by atoms with Crippen LogP contribution in [0.15, 0.2) is 0 Å². The van der Waals surface area contributed by atoms with E-state index in [1.54, 1.807) is 0 Å². The third-order valence-corrected chi connectivity index (χ3v) is 10.0. The first kappa shape index (κ1) is 19.4. The minimum Gasteiger partial charge on any atom is -0.298 e. The second-order valence-electron chi connectivity index (χ2n) is 9.88. The van der Waals surface area contributed by atoms with Crippen LogP contribution in [0.4, 0.5) is 0 Å². The predicted octanol–water partition coefficient (Wildman–Crippen LogP) is 4.32. The fourth-order valence-corrected chi connectivity index (χ4v) is 8.90. The van der Waals surface area contributed by atoms with Gasteiger partial charge < -0.3 is 0 Å². The molecule has 0 aromatic rings. The summed E-state index contributed by atoms with van der Waals surface area (Å²) in [6.45, 7) is 4.65. The molecule has 0 spiro atoms. The zero-order chi connectivity index (χ0) is 18.9. The summed E-state index contributed by atoms with van der Waals surface area (Å²) in [5.74, 6) is 2.81. The molecule has 4 aliphatic carbocycles. The molecule has 0 N–H and O–H groups in total. The number of halogens is 1. The molecular weight excluding hydrogens is 416 g/mol. The Kier molecular flexibility index (Phi) is 4.68. The highest BCUT2D eigenvalue weighted by atomic mass is 79.9. The Balaban J connectivity index is 1.55. The Morgan fingerprint density at radius 3 is 2.46 bits per heavy atom. The number of carbonyl (C=O) groups is 1. The van der Waals surface area contributed by atoms with Crippen molar-refractivity contribution in [3.63, 3.8) is 0 Å². The topological polar surface area (TPSA) is 60.4 Å². The van der Waals surface area contributed by atoms with Gasteiger partial charge in [0.05, 0.1) is 17.2 Å². The van der Waals surface area contributed by atoms with E-state index in [2.05, 4.69) is 29.8 Å². The van der Waals surface area contributed by atoms with Crippen LogP contribution in [-0.2, 0) is 19.1 Å². The van der Waals surface area contributed by atoms with Crippen molar-refractivity contribution in [3.05, 3.63) is 0 Å². The maximum atomic E-state index is 12.8. The van der Waals surface area contributed by atoms with Gasteiger partial charge in [-0.15, -0.1) is 0 Å². The first-order chi connectivity index (χ1) is 12.0. The lowest BCUT2D eigenvalue weighted by Gasteiger charge is -2.60. The molecule has 0 heterocycles. The van der Waals surface area contributed by atoms with Gasteiger partial charge in [-0.3, -0.25) is 8.98 Å². The van der Waals surface area contributed by atoms with Gasteiger partial charge in [-0.05, 0) is 80.5 Å². The van der Waals surface area contributed by atoms with Gasteiger partial charge in [0.1, 0.15) is 0 Å². The fraction of sp³-hybridized carbons (Fsp3) is 0.950. The summed E-state index contributed by atoms with van der Waals surface area (Å²) in [6, 6.07) is 0. The predicted molar refractivity (Wildman–Crippen MR) is 105 cm³/mol. The lowest BCUT2D eigenvalue weighted by atomic mass is 9.45. The van der Waals surface area contributed by atoms with Crippen LogP contribution >= 0.6 is 15.9 Å². The number of hydrogen-bond acceptors (Lipinski definition) is 4. The molecule has 0 aromatic carbocycles. The van der Waals surface area contributed by atoms with Crippen LogP contribution in [0.25, 0.3) is 0 Å². The van der Waals surface area contributed by atoms with Crippen LogP contribution in [0.1, 0.15) is 65.2 Å². The quantitative estimate of drug-likeness (QED) is 0.468. The van der Waals surface area contributed by atoms with Crippen molar-refractivity contribution < 1.29 is 17.4 Å². The van der Waals surface area contributed by atoms with Crippen molar-refractivity contribution in [1.82, 2.24) is 0 Å². The molecular formula is C20H31BrO4S. The van der Waals surface area contributed by atoms with Crippen molar-refractivity contribution >= 4 is 31.8 Å². The van der Waals surface area contributed by atoms with Crippen molar-refractivity contribution in [2.45, 2.75) is 76.1 Å². The summed E-state index contributed by atoms with van der Waals surface area (Å²) in [5.41, 5.74) is 0.143. The number of rotatable bonds is 2. The molecule has 8 atom stereocenters. The van der Waals surface area contributed by atoms with Crippen molar-refractivity contribution in [2.75, 3.05) is 6.26 Å². The minimum absolute atomic E-state index is 0.0423. The standard InChI is InChI=1S/C20H31BrO4S/c1-19-8-6-13(25-26(3,23)24)10-12(19)4-5-14-15(19)7-9-20(2)16(14)11-17(21)18(20)22/h12-17H,4-11H2,1-3H3/t12-,13-,14+,15-,16-,17+,19-,20-/m0/s1. The molecule has 0 saturated heterocycles. The number of alkyl halides is 1. The fourth-order valence-electron chi connectivity index (χ4n) is 7.30. The van der Waals surface area contributed by atoms with Crippen LogP contribution < -0.4 is 0 Å². The molecule has 148 valence electrons. The zero-order valence-corrected chi connectivity index (χ0v) is 18.4. The summed E-state index contributed by atoms with van der Waals surface area (Å²) in [4.78, 5) is 12.8. The molecule has 4 saturated carbocycles. The second kappa shape index (κ2) is 6.28. The van der Waals surface area contributed by atoms with E-state index in [9.17, 15) is 13.2 Å². The molecule has 0 aromatic heterocycles. The molecule has 0 radical (unpaired) electrons. The highest BCUT2D eigenvalue weighted by Crippen LogP contribution is 2.66. The first-order valence-corrected chi connectivity index (χ1v) is 12.8. The van der Waals surface area contributed by atoms with Crippen molar-refractivity contribution in [1.29, 1.82) is 0 Å². The van der Waals surface area contributed by atoms with Gasteiger partial charge in [0, 0.05) is 5.41 Å². The number of fused-ring (bicyclic) bond motifs is 5. The molecule has 6 heteroatoms. The molecule has 0 unspecified atom stereocenters. The number of hydrogen-bond donors (Lipinski definition) is 0. The van der Waals surface area contributed by atoms with Crippen molar-refractivity contribution in [2.24, 2.45) is 34.5 Å². The van der Waals surface area contributed by atoms with E-state index in [0.29, 0.717) is 29.5 Å². The van der Waals surface area contributed by atoms with Gasteiger partial charge in [-0.1, -0.05) is 29.8 Å². The van der Waals surface area contributed by atoms with E-state index in [0.717, 1.165) is 51.2 Å². The van der Waals surface area contributed by atoms with Crippen LogP contribution in [0, 0.1) is 34.5 Å². The lowest BCUT2D eigenvalue weighted by molar-refractivity contribution is -0.141. The van der Waals surface area contributed by atoms with Crippen LogP contribution in [0.5, 0.6) is 0 Å². The third kappa shape index (κ3) is 2.93. The van der Waals surface area contributed by atoms with E-state index in [1.807, 2.05) is 0 Å². The van der Waals surface area contributed by atoms with E-state index in [1.165, 1.54) is 6.42 Å². The molecule has 26 heavy (non-hydrogen) atoms. The molecule has 4 nitrogen and oxygen atoms in total. The summed E-state index contributed by atoms with van der Waals surface area (Å²) in [7, 11) is -3.38. The van der Waals surface area contributed by atoms with Gasteiger partial charge in [-0.25, -0.2) is 0 Å². The van der Waals surface area contributed by atoms with E-state index in [4.69, 9.17) is 4.18 Å². The summed E-state index contributed by atoms with van der Waals surface area (Å²) < 4.78 is 28.4. The Labute approximate surface area is 166 Å². The van der Waals surface area contributed by atoms with E-state index in [-0.39, 0.29) is 21.8 Å². The molecule has 4 rings (SSSR count). The summed E-state index contributed by atoms with van der Waals surface area (Å²) >= 11 is 3.64. The van der Waals surface area contributed by atoms with Gasteiger partial charge >= 0.3 is 0 Å². The smallest absolute Gasteiger partial charge is 0.264 e. The lowest BCUT2D eigenvalue weighted by Crippen LogP contribution is -2.54. The number of ketones is 1. The van der Waals surface area contributed by atoms with E-state index >= 15 is 0 Å². The molecule has 4 fully saturated rings. The largest absolute Gasteiger partial charge is 0.298 e. The van der Waals surface area contributed by atoms with Gasteiger partial charge in [0.25, 0.3) is 10.1 Å². The number of carbonyl (C=O) groups excluding carboxylic acids is 1. The maximum absolute atomic E-state index is 12.8. The highest BCUT2D eigenvalue weighted by molar-refractivity contribution is 9.10. The van der Waals surface area contributed by atoms with Crippen LogP contribution in [-0.4, -0.2) is 31.4 Å². The Morgan fingerprint density at radius 2 is 1.77 bits per heavy atom. The van der Waals surface area contributed by atoms with Crippen LogP contribution in [0.3, 0.4) is 0 Å². The second-order valence-corrected chi connectivity index (χ2v) is 12.6. The van der Waals surface area contributed by atoms with Gasteiger partial charge in [0.15, 0.2) is 5.78 Å².